The number of amides is 2. The predicted molar refractivity (Wildman–Crippen MR) is 108 cm³/mol. The van der Waals surface area contributed by atoms with Crippen LogP contribution in [0.4, 0.5) is 5.69 Å². The Labute approximate surface area is 167 Å². The van der Waals surface area contributed by atoms with Gasteiger partial charge in [0.25, 0.3) is 11.6 Å². The van der Waals surface area contributed by atoms with Gasteiger partial charge in [-0.05, 0) is 64.1 Å². The molecule has 0 atom stereocenters. The Hall–Kier alpha value is -3.11. The first kappa shape index (κ1) is 20.2. The van der Waals surface area contributed by atoms with Crippen LogP contribution in [0.5, 0.6) is 0 Å². The molecule has 0 aliphatic rings. The molecule has 0 saturated heterocycles. The van der Waals surface area contributed by atoms with Crippen LogP contribution in [-0.2, 0) is 4.79 Å². The molecule has 0 fully saturated rings. The molecule has 2 amide bonds. The lowest BCUT2D eigenvalue weighted by atomic mass is 10.2. The summed E-state index contributed by atoms with van der Waals surface area (Å²) in [5, 5.41) is 12.9. The average molecular weight is 449 g/mol. The molecule has 0 heterocycles. The Balaban J connectivity index is 1.83. The van der Waals surface area contributed by atoms with Crippen LogP contribution in [0.1, 0.15) is 15.9 Å². The predicted octanol–water partition coefficient (Wildman–Crippen LogP) is 2.71. The molecule has 2 rings (SSSR count). The van der Waals surface area contributed by atoms with E-state index in [1.54, 1.807) is 24.3 Å². The number of nitrogens with one attached hydrogen (secondary N) is 3. The highest BCUT2D eigenvalue weighted by Gasteiger charge is 2.09. The minimum atomic E-state index is -0.527. The standard InChI is InChI=1S/C17H13BrN4O4S/c18-14-4-2-1-3-13(14)16(24)20-21-17(27)19-15(23)10-7-11-5-8-12(9-6-11)22(25)26/h1-10H,(H,20,24)(H2,19,21,23,27)/b10-7+. The summed E-state index contributed by atoms with van der Waals surface area (Å²) in [4.78, 5) is 33.9. The first-order valence-corrected chi connectivity index (χ1v) is 8.65. The molecule has 8 nitrogen and oxygen atoms in total. The zero-order valence-corrected chi connectivity index (χ0v) is 16.0. The molecule has 2 aromatic rings. The van der Waals surface area contributed by atoms with Crippen molar-refractivity contribution in [2.45, 2.75) is 0 Å². The number of rotatable bonds is 4. The van der Waals surface area contributed by atoms with Gasteiger partial charge in [0.1, 0.15) is 0 Å². The van der Waals surface area contributed by atoms with E-state index in [4.69, 9.17) is 12.2 Å². The first-order chi connectivity index (χ1) is 12.9. The molecule has 0 bridgehead atoms. The quantitative estimate of drug-likeness (QED) is 0.286. The van der Waals surface area contributed by atoms with Gasteiger partial charge in [0, 0.05) is 22.7 Å². The Morgan fingerprint density at radius 1 is 1.07 bits per heavy atom. The second kappa shape index (κ2) is 9.55. The Morgan fingerprint density at radius 2 is 1.74 bits per heavy atom. The molecule has 0 aliphatic heterocycles. The summed E-state index contributed by atoms with van der Waals surface area (Å²) >= 11 is 8.19. The topological polar surface area (TPSA) is 113 Å². The van der Waals surface area contributed by atoms with Gasteiger partial charge in [-0.2, -0.15) is 0 Å². The molecule has 3 N–H and O–H groups in total. The third kappa shape index (κ3) is 6.28. The number of hydrogen-bond donors (Lipinski definition) is 3. The van der Waals surface area contributed by atoms with E-state index in [9.17, 15) is 19.7 Å². The van der Waals surface area contributed by atoms with Crippen LogP contribution in [0.3, 0.4) is 0 Å². The molecule has 0 aliphatic carbocycles. The number of thiocarbonyl (C=S) groups is 1. The van der Waals surface area contributed by atoms with Gasteiger partial charge in [0.05, 0.1) is 10.5 Å². The van der Waals surface area contributed by atoms with Crippen LogP contribution in [0, 0.1) is 10.1 Å². The highest BCUT2D eigenvalue weighted by Crippen LogP contribution is 2.15. The molecule has 0 radical (unpaired) electrons. The molecule has 138 valence electrons. The molecular formula is C17H13BrN4O4S. The number of carbonyl (C=O) groups excluding carboxylic acids is 2. The van der Waals surface area contributed by atoms with E-state index in [-0.39, 0.29) is 10.8 Å². The van der Waals surface area contributed by atoms with Crippen molar-refractivity contribution in [2.75, 3.05) is 0 Å². The van der Waals surface area contributed by atoms with Crippen molar-refractivity contribution in [2.24, 2.45) is 0 Å². The van der Waals surface area contributed by atoms with Crippen molar-refractivity contribution in [1.29, 1.82) is 0 Å². The minimum Gasteiger partial charge on any atom is -0.298 e. The van der Waals surface area contributed by atoms with Crippen LogP contribution >= 0.6 is 28.1 Å². The maximum atomic E-state index is 12.0. The SMILES string of the molecule is O=C(/C=C/c1ccc([N+](=O)[O-])cc1)NC(=S)NNC(=O)c1ccccc1Br. The second-order valence-electron chi connectivity index (χ2n) is 5.06. The fraction of sp³-hybridized carbons (Fsp3) is 0. The third-order valence-corrected chi connectivity index (χ3v) is 4.07. The summed E-state index contributed by atoms with van der Waals surface area (Å²) in [7, 11) is 0. The lowest BCUT2D eigenvalue weighted by Gasteiger charge is -2.10. The zero-order chi connectivity index (χ0) is 19.8. The van der Waals surface area contributed by atoms with Gasteiger partial charge in [-0.1, -0.05) is 12.1 Å². The molecular weight excluding hydrogens is 436 g/mol. The maximum Gasteiger partial charge on any atom is 0.270 e. The van der Waals surface area contributed by atoms with Gasteiger partial charge in [-0.3, -0.25) is 35.9 Å². The lowest BCUT2D eigenvalue weighted by Crippen LogP contribution is -2.48. The fourth-order valence-electron chi connectivity index (χ4n) is 1.89. The molecule has 0 aromatic heterocycles. The van der Waals surface area contributed by atoms with Crippen molar-refractivity contribution in [1.82, 2.24) is 16.2 Å². The van der Waals surface area contributed by atoms with Crippen molar-refractivity contribution in [3.8, 4) is 0 Å². The Bertz CT molecular complexity index is 915. The zero-order valence-electron chi connectivity index (χ0n) is 13.6. The largest absolute Gasteiger partial charge is 0.298 e. The van der Waals surface area contributed by atoms with Crippen molar-refractivity contribution in [3.63, 3.8) is 0 Å². The Kier molecular flexibility index (Phi) is 7.15. The molecule has 2 aromatic carbocycles. The number of non-ortho nitro benzene ring substituents is 1. The summed E-state index contributed by atoms with van der Waals surface area (Å²) in [6, 6.07) is 12.5. The van der Waals surface area contributed by atoms with Crippen molar-refractivity contribution < 1.29 is 14.5 Å². The van der Waals surface area contributed by atoms with Crippen LogP contribution in [-0.4, -0.2) is 21.9 Å². The summed E-state index contributed by atoms with van der Waals surface area (Å²) in [6.07, 6.45) is 2.69. The highest BCUT2D eigenvalue weighted by molar-refractivity contribution is 9.10. The number of hydrogen-bond acceptors (Lipinski definition) is 5. The van der Waals surface area contributed by atoms with E-state index >= 15 is 0 Å². The van der Waals surface area contributed by atoms with E-state index in [2.05, 4.69) is 32.1 Å². The lowest BCUT2D eigenvalue weighted by molar-refractivity contribution is -0.384. The normalized spacial score (nSPS) is 10.3. The van der Waals surface area contributed by atoms with Gasteiger partial charge in [0.2, 0.25) is 5.91 Å². The van der Waals surface area contributed by atoms with Crippen molar-refractivity contribution >= 4 is 56.8 Å². The molecule has 0 saturated carbocycles. The van der Waals surface area contributed by atoms with Crippen LogP contribution in [0.15, 0.2) is 59.1 Å². The number of carbonyl (C=O) groups is 2. The van der Waals surface area contributed by atoms with Crippen LogP contribution < -0.4 is 16.2 Å². The molecule has 0 spiro atoms. The second-order valence-corrected chi connectivity index (χ2v) is 6.32. The number of hydrazine groups is 1. The number of benzene rings is 2. The molecule has 10 heteroatoms. The number of nitrogens with zero attached hydrogens (tertiary/aromatic N) is 1. The monoisotopic (exact) mass is 448 g/mol. The highest BCUT2D eigenvalue weighted by atomic mass is 79.9. The summed E-state index contributed by atoms with van der Waals surface area (Å²) in [5.74, 6) is -0.957. The van der Waals surface area contributed by atoms with Gasteiger partial charge < -0.3 is 0 Å². The van der Waals surface area contributed by atoms with Gasteiger partial charge in [0.15, 0.2) is 5.11 Å². The van der Waals surface area contributed by atoms with Crippen LogP contribution in [0.25, 0.3) is 6.08 Å². The smallest absolute Gasteiger partial charge is 0.270 e. The van der Waals surface area contributed by atoms with E-state index < -0.39 is 16.7 Å². The Morgan fingerprint density at radius 3 is 2.37 bits per heavy atom. The van der Waals surface area contributed by atoms with Gasteiger partial charge >= 0.3 is 0 Å². The number of nitro groups is 1. The average Bonchev–Trinajstić information content (AvgIpc) is 2.65. The molecule has 0 unspecified atom stereocenters. The van der Waals surface area contributed by atoms with E-state index in [1.165, 1.54) is 36.4 Å². The van der Waals surface area contributed by atoms with Gasteiger partial charge in [-0.15, -0.1) is 0 Å². The van der Waals surface area contributed by atoms with Gasteiger partial charge in [-0.25, -0.2) is 0 Å². The number of nitro benzene ring substituents is 1. The minimum absolute atomic E-state index is 0.0391. The van der Waals surface area contributed by atoms with Crippen molar-refractivity contribution in [3.05, 3.63) is 80.3 Å². The first-order valence-electron chi connectivity index (χ1n) is 7.45. The fourth-order valence-corrected chi connectivity index (χ4v) is 2.51. The number of halogens is 1. The van der Waals surface area contributed by atoms with Crippen LogP contribution in [0.2, 0.25) is 0 Å². The third-order valence-electron chi connectivity index (χ3n) is 3.18. The maximum absolute atomic E-state index is 12.0. The van der Waals surface area contributed by atoms with E-state index in [1.807, 2.05) is 0 Å². The van der Waals surface area contributed by atoms with E-state index in [0.29, 0.717) is 15.6 Å². The summed E-state index contributed by atoms with van der Waals surface area (Å²) in [5.41, 5.74) is 5.77. The van der Waals surface area contributed by atoms with E-state index in [0.717, 1.165) is 0 Å². The summed E-state index contributed by atoms with van der Waals surface area (Å²) in [6.45, 7) is 0. The summed E-state index contributed by atoms with van der Waals surface area (Å²) < 4.78 is 0.616. The molecule has 27 heavy (non-hydrogen) atoms.